The smallest absolute Gasteiger partial charge is 0.261 e. The van der Waals surface area contributed by atoms with Crippen molar-refractivity contribution in [1.82, 2.24) is 4.98 Å². The van der Waals surface area contributed by atoms with Crippen LogP contribution >= 0.6 is 11.6 Å². The van der Waals surface area contributed by atoms with Crippen LogP contribution in [0.1, 0.15) is 15.9 Å². The van der Waals surface area contributed by atoms with Crippen LogP contribution in [0.2, 0.25) is 5.02 Å². The van der Waals surface area contributed by atoms with E-state index in [1.165, 1.54) is 24.3 Å². The van der Waals surface area contributed by atoms with Gasteiger partial charge in [-0.25, -0.2) is 4.39 Å². The lowest BCUT2D eigenvalue weighted by atomic mass is 10.2. The second-order valence-corrected chi connectivity index (χ2v) is 4.12. The van der Waals surface area contributed by atoms with Crippen LogP contribution in [-0.4, -0.2) is 11.3 Å². The number of rotatable bonds is 4. The monoisotopic (exact) mass is 281 g/mol. The molecule has 0 aliphatic heterocycles. The van der Waals surface area contributed by atoms with Gasteiger partial charge in [0.15, 0.2) is 12.2 Å². The minimum Gasteiger partial charge on any atom is -0.474 e. The first-order chi connectivity index (χ1) is 9.11. The van der Waals surface area contributed by atoms with Crippen LogP contribution < -0.4 is 10.3 Å². The van der Waals surface area contributed by atoms with Crippen molar-refractivity contribution in [2.75, 3.05) is 0 Å². The summed E-state index contributed by atoms with van der Waals surface area (Å²) in [6.45, 7) is -0.123. The first kappa shape index (κ1) is 13.3. The Bertz CT molecular complexity index is 649. The summed E-state index contributed by atoms with van der Waals surface area (Å²) in [6.07, 6.45) is 0.441. The normalized spacial score (nSPS) is 10.2. The fourth-order valence-corrected chi connectivity index (χ4v) is 1.68. The summed E-state index contributed by atoms with van der Waals surface area (Å²) in [7, 11) is 0. The van der Waals surface area contributed by atoms with Gasteiger partial charge >= 0.3 is 0 Å². The Kier molecular flexibility index (Phi) is 3.97. The summed E-state index contributed by atoms with van der Waals surface area (Å²) in [5.41, 5.74) is -0.368. The van der Waals surface area contributed by atoms with Gasteiger partial charge < -0.3 is 4.74 Å². The minimum absolute atomic E-state index is 0.00345. The molecular weight excluding hydrogens is 273 g/mol. The average molecular weight is 282 g/mol. The topological polar surface area (TPSA) is 59.2 Å². The third-order valence-corrected chi connectivity index (χ3v) is 2.83. The Morgan fingerprint density at radius 2 is 2.11 bits per heavy atom. The number of hydrogen-bond donors (Lipinski definition) is 1. The third kappa shape index (κ3) is 3.00. The molecule has 0 aliphatic rings. The molecular formula is C13H9ClFNO3. The molecule has 0 bridgehead atoms. The van der Waals surface area contributed by atoms with Crippen LogP contribution in [-0.2, 0) is 6.61 Å². The molecule has 1 N–H and O–H groups in total. The summed E-state index contributed by atoms with van der Waals surface area (Å²) in [4.78, 5) is 24.2. The summed E-state index contributed by atoms with van der Waals surface area (Å²) in [5.74, 6) is -0.353. The summed E-state index contributed by atoms with van der Waals surface area (Å²) in [6, 6.07) is 7.04. The van der Waals surface area contributed by atoms with Crippen LogP contribution in [0.4, 0.5) is 4.39 Å². The van der Waals surface area contributed by atoms with Crippen molar-refractivity contribution in [3.8, 4) is 5.88 Å². The molecule has 0 saturated heterocycles. The zero-order valence-corrected chi connectivity index (χ0v) is 10.4. The number of H-pyrrole nitrogens is 1. The van der Waals surface area contributed by atoms with E-state index < -0.39 is 11.4 Å². The van der Waals surface area contributed by atoms with Gasteiger partial charge in [-0.1, -0.05) is 17.7 Å². The van der Waals surface area contributed by atoms with Gasteiger partial charge in [-0.3, -0.25) is 14.6 Å². The molecule has 0 radical (unpaired) electrons. The SMILES string of the molecule is O=Cc1ccc(OCc2c(F)cccc2Cl)[nH]c1=O. The molecule has 4 nitrogen and oxygen atoms in total. The van der Waals surface area contributed by atoms with E-state index >= 15 is 0 Å². The highest BCUT2D eigenvalue weighted by molar-refractivity contribution is 6.31. The number of carbonyl (C=O) groups excluding carboxylic acids is 1. The van der Waals surface area contributed by atoms with Crippen molar-refractivity contribution in [3.63, 3.8) is 0 Å². The number of pyridine rings is 1. The maximum absolute atomic E-state index is 13.5. The van der Waals surface area contributed by atoms with Gasteiger partial charge in [0.1, 0.15) is 12.4 Å². The number of carbonyl (C=O) groups is 1. The second-order valence-electron chi connectivity index (χ2n) is 3.71. The molecule has 1 aromatic carbocycles. The van der Waals surface area contributed by atoms with E-state index in [4.69, 9.17) is 16.3 Å². The van der Waals surface area contributed by atoms with E-state index in [-0.39, 0.29) is 28.6 Å². The Morgan fingerprint density at radius 3 is 2.74 bits per heavy atom. The molecule has 0 saturated carbocycles. The van der Waals surface area contributed by atoms with Crippen molar-refractivity contribution in [3.05, 3.63) is 62.7 Å². The molecule has 0 amide bonds. The molecule has 19 heavy (non-hydrogen) atoms. The predicted molar refractivity (Wildman–Crippen MR) is 68.2 cm³/mol. The zero-order chi connectivity index (χ0) is 13.8. The lowest BCUT2D eigenvalue weighted by Crippen LogP contribution is -2.13. The number of hydrogen-bond acceptors (Lipinski definition) is 3. The molecule has 0 aliphatic carbocycles. The molecule has 0 atom stereocenters. The Morgan fingerprint density at radius 1 is 1.32 bits per heavy atom. The van der Waals surface area contributed by atoms with Crippen molar-refractivity contribution < 1.29 is 13.9 Å². The molecule has 2 aromatic rings. The summed E-state index contributed by atoms with van der Waals surface area (Å²) < 4.78 is 18.7. The Hall–Kier alpha value is -2.14. The van der Waals surface area contributed by atoms with Crippen LogP contribution in [0.5, 0.6) is 5.88 Å². The van der Waals surface area contributed by atoms with Gasteiger partial charge in [0.2, 0.25) is 0 Å². The number of aldehydes is 1. The van der Waals surface area contributed by atoms with Crippen LogP contribution in [0, 0.1) is 5.82 Å². The van der Waals surface area contributed by atoms with Gasteiger partial charge in [-0.2, -0.15) is 0 Å². The highest BCUT2D eigenvalue weighted by atomic mass is 35.5. The molecule has 0 spiro atoms. The molecule has 1 aromatic heterocycles. The van der Waals surface area contributed by atoms with Gasteiger partial charge in [0.25, 0.3) is 5.56 Å². The number of nitrogens with one attached hydrogen (secondary N) is 1. The standard InChI is InChI=1S/C13H9ClFNO3/c14-10-2-1-3-11(15)9(10)7-19-12-5-4-8(6-17)13(18)16-12/h1-6H,7H2,(H,16,18). The number of halogens is 2. The van der Waals surface area contributed by atoms with Gasteiger partial charge in [-0.05, 0) is 24.3 Å². The van der Waals surface area contributed by atoms with E-state index in [0.29, 0.717) is 6.29 Å². The number of ether oxygens (including phenoxy) is 1. The quantitative estimate of drug-likeness (QED) is 0.876. The van der Waals surface area contributed by atoms with Crippen LogP contribution in [0.3, 0.4) is 0 Å². The Labute approximate surface area is 112 Å². The van der Waals surface area contributed by atoms with E-state index in [9.17, 15) is 14.0 Å². The lowest BCUT2D eigenvalue weighted by Gasteiger charge is -2.08. The molecule has 6 heteroatoms. The zero-order valence-electron chi connectivity index (χ0n) is 9.65. The van der Waals surface area contributed by atoms with Crippen molar-refractivity contribution in [1.29, 1.82) is 0 Å². The highest BCUT2D eigenvalue weighted by Gasteiger charge is 2.08. The van der Waals surface area contributed by atoms with E-state index in [1.807, 2.05) is 0 Å². The molecule has 0 unspecified atom stereocenters. The lowest BCUT2D eigenvalue weighted by molar-refractivity contribution is 0.112. The van der Waals surface area contributed by atoms with Gasteiger partial charge in [0.05, 0.1) is 10.6 Å². The maximum Gasteiger partial charge on any atom is 0.261 e. The molecule has 2 rings (SSSR count). The minimum atomic E-state index is -0.563. The summed E-state index contributed by atoms with van der Waals surface area (Å²) >= 11 is 5.84. The number of aromatic amines is 1. The Balaban J connectivity index is 2.17. The van der Waals surface area contributed by atoms with Gasteiger partial charge in [0, 0.05) is 5.56 Å². The fraction of sp³-hybridized carbons (Fsp3) is 0.0769. The molecule has 1 heterocycles. The van der Waals surface area contributed by atoms with E-state index in [2.05, 4.69) is 4.98 Å². The van der Waals surface area contributed by atoms with Crippen LogP contribution in [0.15, 0.2) is 35.1 Å². The van der Waals surface area contributed by atoms with E-state index in [1.54, 1.807) is 6.07 Å². The predicted octanol–water partition coefficient (Wildman–Crippen LogP) is 2.56. The van der Waals surface area contributed by atoms with Crippen molar-refractivity contribution >= 4 is 17.9 Å². The van der Waals surface area contributed by atoms with Gasteiger partial charge in [-0.15, -0.1) is 0 Å². The summed E-state index contributed by atoms with van der Waals surface area (Å²) in [5, 5.41) is 0.242. The molecule has 0 fully saturated rings. The average Bonchev–Trinajstić information content (AvgIpc) is 2.38. The highest BCUT2D eigenvalue weighted by Crippen LogP contribution is 2.20. The first-order valence-electron chi connectivity index (χ1n) is 5.36. The van der Waals surface area contributed by atoms with E-state index in [0.717, 1.165) is 0 Å². The third-order valence-electron chi connectivity index (χ3n) is 2.47. The van der Waals surface area contributed by atoms with Crippen LogP contribution in [0.25, 0.3) is 0 Å². The fourth-order valence-electron chi connectivity index (χ4n) is 1.46. The largest absolute Gasteiger partial charge is 0.474 e. The van der Waals surface area contributed by atoms with Crippen molar-refractivity contribution in [2.45, 2.75) is 6.61 Å². The first-order valence-corrected chi connectivity index (χ1v) is 5.74. The van der Waals surface area contributed by atoms with Crippen molar-refractivity contribution in [2.24, 2.45) is 0 Å². The number of benzene rings is 1. The number of aromatic nitrogens is 1. The molecule has 98 valence electrons. The second kappa shape index (κ2) is 5.67. The maximum atomic E-state index is 13.5.